The molecule has 15 heavy (non-hydrogen) atoms. The second kappa shape index (κ2) is 3.52. The zero-order valence-corrected chi connectivity index (χ0v) is 8.14. The average molecular weight is 215 g/mol. The van der Waals surface area contributed by atoms with E-state index in [9.17, 15) is 13.2 Å². The minimum Gasteiger partial charge on any atom is -0.325 e. The molecule has 0 bridgehead atoms. The monoisotopic (exact) mass is 215 g/mol. The van der Waals surface area contributed by atoms with E-state index in [0.29, 0.717) is 12.0 Å². The number of benzene rings is 1. The van der Waals surface area contributed by atoms with Gasteiger partial charge < -0.3 is 5.73 Å². The fraction of sp³-hybridized carbons (Fsp3) is 0.455. The van der Waals surface area contributed by atoms with E-state index >= 15 is 0 Å². The summed E-state index contributed by atoms with van der Waals surface area (Å²) in [5.41, 5.74) is 5.62. The van der Waals surface area contributed by atoms with E-state index in [1.165, 1.54) is 6.07 Å². The lowest BCUT2D eigenvalue weighted by molar-refractivity contribution is 0.151. The van der Waals surface area contributed by atoms with Crippen LogP contribution in [0, 0.1) is 5.82 Å². The van der Waals surface area contributed by atoms with Crippen LogP contribution in [0.25, 0.3) is 0 Å². The lowest BCUT2D eigenvalue weighted by Gasteiger charge is -2.10. The summed E-state index contributed by atoms with van der Waals surface area (Å²) in [4.78, 5) is 0. The van der Waals surface area contributed by atoms with Gasteiger partial charge >= 0.3 is 0 Å². The number of nitrogens with two attached hydrogens (primary N) is 1. The summed E-state index contributed by atoms with van der Waals surface area (Å²) in [5.74, 6) is -0.448. The maximum atomic E-state index is 13.3. The first-order chi connectivity index (χ1) is 7.00. The van der Waals surface area contributed by atoms with Gasteiger partial charge in [-0.2, -0.15) is 0 Å². The summed E-state index contributed by atoms with van der Waals surface area (Å²) < 4.78 is 38.0. The largest absolute Gasteiger partial charge is 0.325 e. The molecule has 1 aliphatic carbocycles. The van der Waals surface area contributed by atoms with Crippen LogP contribution < -0.4 is 5.73 Å². The van der Waals surface area contributed by atoms with Crippen molar-refractivity contribution in [2.75, 3.05) is 0 Å². The van der Waals surface area contributed by atoms with Crippen LogP contribution in [0.1, 0.15) is 30.4 Å². The van der Waals surface area contributed by atoms with E-state index < -0.39 is 12.2 Å². The van der Waals surface area contributed by atoms with E-state index in [0.717, 1.165) is 25.0 Å². The van der Waals surface area contributed by atoms with Crippen molar-refractivity contribution in [3.8, 4) is 0 Å². The second-order valence-electron chi connectivity index (χ2n) is 4.19. The fourth-order valence-electron chi connectivity index (χ4n) is 1.58. The number of halogens is 3. The Morgan fingerprint density at radius 1 is 1.33 bits per heavy atom. The summed E-state index contributed by atoms with van der Waals surface area (Å²) in [7, 11) is 0. The topological polar surface area (TPSA) is 26.0 Å². The first kappa shape index (κ1) is 10.5. The van der Waals surface area contributed by atoms with Crippen molar-refractivity contribution in [1.29, 1.82) is 0 Å². The summed E-state index contributed by atoms with van der Waals surface area (Å²) in [6.45, 7) is 0. The van der Waals surface area contributed by atoms with Crippen molar-refractivity contribution in [1.82, 2.24) is 0 Å². The van der Waals surface area contributed by atoms with E-state index in [1.807, 2.05) is 0 Å². The summed E-state index contributed by atoms with van der Waals surface area (Å²) in [6.07, 6.45) is -0.534. The molecule has 1 aliphatic rings. The highest BCUT2D eigenvalue weighted by molar-refractivity contribution is 5.28. The van der Waals surface area contributed by atoms with Crippen molar-refractivity contribution in [3.63, 3.8) is 0 Å². The van der Waals surface area contributed by atoms with Gasteiger partial charge in [-0.1, -0.05) is 6.07 Å². The van der Waals surface area contributed by atoms with Gasteiger partial charge in [-0.25, -0.2) is 13.2 Å². The molecule has 0 atom stereocenters. The molecule has 0 spiro atoms. The molecule has 82 valence electrons. The molecule has 1 aromatic rings. The first-order valence-electron chi connectivity index (χ1n) is 4.86. The molecule has 0 aliphatic heterocycles. The Hall–Kier alpha value is -1.03. The quantitative estimate of drug-likeness (QED) is 0.824. The molecule has 1 fully saturated rings. The van der Waals surface area contributed by atoms with Crippen LogP contribution in [-0.4, -0.2) is 5.54 Å². The highest BCUT2D eigenvalue weighted by Gasteiger charge is 2.38. The predicted octanol–water partition coefficient (Wildman–Crippen LogP) is 2.80. The number of rotatable bonds is 3. The van der Waals surface area contributed by atoms with Gasteiger partial charge in [-0.15, -0.1) is 0 Å². The van der Waals surface area contributed by atoms with E-state index in [4.69, 9.17) is 5.73 Å². The molecule has 1 saturated carbocycles. The van der Waals surface area contributed by atoms with Crippen LogP contribution in [-0.2, 0) is 6.42 Å². The van der Waals surface area contributed by atoms with Gasteiger partial charge in [0.1, 0.15) is 5.82 Å². The summed E-state index contributed by atoms with van der Waals surface area (Å²) >= 11 is 0. The highest BCUT2D eigenvalue weighted by atomic mass is 19.3. The van der Waals surface area contributed by atoms with Crippen molar-refractivity contribution in [2.45, 2.75) is 31.2 Å². The fourth-order valence-corrected chi connectivity index (χ4v) is 1.58. The molecule has 0 aromatic heterocycles. The standard InChI is InChI=1S/C11H12F3N/c12-9-2-1-7(10(13)14)5-8(9)6-11(15)3-4-11/h1-2,5,10H,3-4,6,15H2. The maximum Gasteiger partial charge on any atom is 0.263 e. The number of hydrogen-bond donors (Lipinski definition) is 1. The molecular formula is C11H12F3N. The first-order valence-corrected chi connectivity index (χ1v) is 4.86. The van der Waals surface area contributed by atoms with Gasteiger partial charge in [-0.3, -0.25) is 0 Å². The van der Waals surface area contributed by atoms with Crippen molar-refractivity contribution < 1.29 is 13.2 Å². The molecule has 2 N–H and O–H groups in total. The third kappa shape index (κ3) is 2.31. The van der Waals surface area contributed by atoms with Gasteiger partial charge in [0.15, 0.2) is 0 Å². The Balaban J connectivity index is 2.24. The average Bonchev–Trinajstić information content (AvgIpc) is 2.87. The Morgan fingerprint density at radius 2 is 2.00 bits per heavy atom. The molecule has 1 nitrogen and oxygen atoms in total. The van der Waals surface area contributed by atoms with Crippen LogP contribution in [0.2, 0.25) is 0 Å². The second-order valence-corrected chi connectivity index (χ2v) is 4.19. The number of hydrogen-bond acceptors (Lipinski definition) is 1. The van der Waals surface area contributed by atoms with Crippen LogP contribution in [0.15, 0.2) is 18.2 Å². The zero-order valence-electron chi connectivity index (χ0n) is 8.14. The minimum atomic E-state index is -2.56. The lowest BCUT2D eigenvalue weighted by atomic mass is 10.0. The van der Waals surface area contributed by atoms with Gasteiger partial charge in [0.05, 0.1) is 0 Å². The lowest BCUT2D eigenvalue weighted by Crippen LogP contribution is -2.25. The zero-order chi connectivity index (χ0) is 11.1. The summed E-state index contributed by atoms with van der Waals surface area (Å²) in [6, 6.07) is 3.41. The molecule has 0 unspecified atom stereocenters. The van der Waals surface area contributed by atoms with Gasteiger partial charge in [0.25, 0.3) is 6.43 Å². The molecule has 4 heteroatoms. The molecule has 2 rings (SSSR count). The van der Waals surface area contributed by atoms with Crippen LogP contribution in [0.5, 0.6) is 0 Å². The molecule has 0 radical (unpaired) electrons. The molecule has 0 heterocycles. The molecule has 1 aromatic carbocycles. The Labute approximate surface area is 86.1 Å². The Kier molecular flexibility index (Phi) is 2.46. The van der Waals surface area contributed by atoms with Crippen molar-refractivity contribution in [3.05, 3.63) is 35.1 Å². The predicted molar refractivity (Wildman–Crippen MR) is 51.2 cm³/mol. The maximum absolute atomic E-state index is 13.3. The smallest absolute Gasteiger partial charge is 0.263 e. The SMILES string of the molecule is NC1(Cc2cc(C(F)F)ccc2F)CC1. The van der Waals surface area contributed by atoms with E-state index in [1.54, 1.807) is 0 Å². The van der Waals surface area contributed by atoms with Crippen molar-refractivity contribution >= 4 is 0 Å². The minimum absolute atomic E-state index is 0.143. The van der Waals surface area contributed by atoms with E-state index in [-0.39, 0.29) is 11.1 Å². The molecular weight excluding hydrogens is 203 g/mol. The van der Waals surface area contributed by atoms with Crippen LogP contribution >= 0.6 is 0 Å². The van der Waals surface area contributed by atoms with Crippen molar-refractivity contribution in [2.24, 2.45) is 5.73 Å². The number of alkyl halides is 2. The molecule has 0 saturated heterocycles. The highest BCUT2D eigenvalue weighted by Crippen LogP contribution is 2.36. The van der Waals surface area contributed by atoms with Gasteiger partial charge in [-0.05, 0) is 37.0 Å². The van der Waals surface area contributed by atoms with Crippen LogP contribution in [0.4, 0.5) is 13.2 Å². The molecule has 0 amide bonds. The summed E-state index contributed by atoms with van der Waals surface area (Å²) in [5, 5.41) is 0. The van der Waals surface area contributed by atoms with E-state index in [2.05, 4.69) is 0 Å². The Morgan fingerprint density at radius 3 is 2.53 bits per heavy atom. The third-order valence-electron chi connectivity index (χ3n) is 2.76. The van der Waals surface area contributed by atoms with Gasteiger partial charge in [0, 0.05) is 11.1 Å². The third-order valence-corrected chi connectivity index (χ3v) is 2.76. The Bertz CT molecular complexity index is 372. The normalized spacial score (nSPS) is 18.2. The van der Waals surface area contributed by atoms with Crippen LogP contribution in [0.3, 0.4) is 0 Å². The van der Waals surface area contributed by atoms with Gasteiger partial charge in [0.2, 0.25) is 0 Å².